The SMILES string of the molecule is O=C(O)C(=Cc1ccc(O)cc1)O[C@H]1O[C@H](CO)[C@@H](O)[C@@H](O)[C@H]1O. The second kappa shape index (κ2) is 7.60. The predicted octanol–water partition coefficient (Wildman–Crippen LogP) is -1.37. The van der Waals surface area contributed by atoms with Crippen LogP contribution in [0.4, 0.5) is 0 Å². The van der Waals surface area contributed by atoms with Crippen molar-refractivity contribution in [2.45, 2.75) is 30.7 Å². The Labute approximate surface area is 136 Å². The number of hydrogen-bond donors (Lipinski definition) is 6. The minimum atomic E-state index is -1.72. The molecular formula is C15H18O9. The van der Waals surface area contributed by atoms with Crippen LogP contribution in [0.1, 0.15) is 5.56 Å². The zero-order valence-corrected chi connectivity index (χ0v) is 12.4. The molecule has 132 valence electrons. The van der Waals surface area contributed by atoms with Gasteiger partial charge in [0.15, 0.2) is 0 Å². The van der Waals surface area contributed by atoms with Crippen molar-refractivity contribution in [2.24, 2.45) is 0 Å². The normalized spacial score (nSPS) is 30.8. The third-order valence-corrected chi connectivity index (χ3v) is 3.49. The molecule has 9 nitrogen and oxygen atoms in total. The summed E-state index contributed by atoms with van der Waals surface area (Å²) in [6.07, 6.45) is -6.64. The molecular weight excluding hydrogens is 324 g/mol. The smallest absolute Gasteiger partial charge is 0.371 e. The summed E-state index contributed by atoms with van der Waals surface area (Å²) in [5.41, 5.74) is 0.398. The number of ether oxygens (including phenoxy) is 2. The van der Waals surface area contributed by atoms with Crippen LogP contribution in [0.3, 0.4) is 0 Å². The summed E-state index contributed by atoms with van der Waals surface area (Å²) in [6, 6.07) is 5.57. The fourth-order valence-electron chi connectivity index (χ4n) is 2.16. The first-order valence-electron chi connectivity index (χ1n) is 7.04. The van der Waals surface area contributed by atoms with Gasteiger partial charge in [-0.2, -0.15) is 0 Å². The summed E-state index contributed by atoms with van der Waals surface area (Å²) >= 11 is 0. The molecule has 1 aliphatic rings. The Bertz CT molecular complexity index is 595. The highest BCUT2D eigenvalue weighted by molar-refractivity contribution is 5.89. The van der Waals surface area contributed by atoms with Gasteiger partial charge in [-0.05, 0) is 23.8 Å². The van der Waals surface area contributed by atoms with Crippen molar-refractivity contribution >= 4 is 12.0 Å². The van der Waals surface area contributed by atoms with Crippen LogP contribution in [-0.4, -0.2) is 73.9 Å². The number of phenols is 1. The lowest BCUT2D eigenvalue weighted by Gasteiger charge is -2.39. The number of carboxylic acid groups (broad SMARTS) is 1. The molecule has 1 fully saturated rings. The van der Waals surface area contributed by atoms with E-state index in [1.54, 1.807) is 0 Å². The fourth-order valence-corrected chi connectivity index (χ4v) is 2.16. The van der Waals surface area contributed by atoms with Crippen molar-refractivity contribution in [3.63, 3.8) is 0 Å². The maximum absolute atomic E-state index is 11.3. The number of rotatable bonds is 5. The van der Waals surface area contributed by atoms with E-state index in [1.807, 2.05) is 0 Å². The van der Waals surface area contributed by atoms with E-state index >= 15 is 0 Å². The first-order valence-corrected chi connectivity index (χ1v) is 7.04. The molecule has 0 aliphatic carbocycles. The van der Waals surface area contributed by atoms with Crippen LogP contribution in [0.5, 0.6) is 5.75 Å². The predicted molar refractivity (Wildman–Crippen MR) is 78.6 cm³/mol. The number of phenolic OH excluding ortho intramolecular Hbond substituents is 1. The Hall–Kier alpha value is -2.17. The van der Waals surface area contributed by atoms with E-state index in [-0.39, 0.29) is 5.75 Å². The summed E-state index contributed by atoms with van der Waals surface area (Å²) in [7, 11) is 0. The molecule has 0 spiro atoms. The van der Waals surface area contributed by atoms with Gasteiger partial charge in [0, 0.05) is 0 Å². The maximum Gasteiger partial charge on any atom is 0.371 e. The Morgan fingerprint density at radius 1 is 1.12 bits per heavy atom. The van der Waals surface area contributed by atoms with Gasteiger partial charge >= 0.3 is 5.97 Å². The van der Waals surface area contributed by atoms with Crippen LogP contribution in [0.2, 0.25) is 0 Å². The molecule has 1 saturated heterocycles. The van der Waals surface area contributed by atoms with Crippen molar-refractivity contribution < 1.29 is 44.9 Å². The zero-order valence-electron chi connectivity index (χ0n) is 12.4. The first-order chi connectivity index (χ1) is 11.3. The summed E-state index contributed by atoms with van der Waals surface area (Å²) in [5.74, 6) is -2.05. The molecule has 0 amide bonds. The maximum atomic E-state index is 11.3. The van der Waals surface area contributed by atoms with Crippen molar-refractivity contribution in [3.8, 4) is 5.75 Å². The summed E-state index contributed by atoms with van der Waals surface area (Å²) < 4.78 is 10.2. The van der Waals surface area contributed by atoms with Crippen LogP contribution in [0.25, 0.3) is 6.08 Å². The molecule has 0 aromatic heterocycles. The van der Waals surface area contributed by atoms with Gasteiger partial charge in [-0.3, -0.25) is 0 Å². The van der Waals surface area contributed by atoms with Crippen molar-refractivity contribution in [2.75, 3.05) is 6.61 Å². The van der Waals surface area contributed by atoms with Gasteiger partial charge in [0.25, 0.3) is 0 Å². The Morgan fingerprint density at radius 2 is 1.75 bits per heavy atom. The number of aliphatic carboxylic acids is 1. The molecule has 0 saturated carbocycles. The number of aromatic hydroxyl groups is 1. The van der Waals surface area contributed by atoms with Crippen molar-refractivity contribution in [3.05, 3.63) is 35.6 Å². The average Bonchev–Trinajstić information content (AvgIpc) is 2.56. The molecule has 5 atom stereocenters. The lowest BCUT2D eigenvalue weighted by molar-refractivity contribution is -0.291. The second-order valence-corrected chi connectivity index (χ2v) is 5.22. The lowest BCUT2D eigenvalue weighted by atomic mass is 9.99. The number of aliphatic hydroxyl groups is 4. The number of carboxylic acids is 1. The number of benzene rings is 1. The van der Waals surface area contributed by atoms with E-state index in [9.17, 15) is 30.3 Å². The van der Waals surface area contributed by atoms with E-state index in [2.05, 4.69) is 0 Å². The van der Waals surface area contributed by atoms with E-state index in [0.29, 0.717) is 5.56 Å². The Balaban J connectivity index is 2.20. The topological polar surface area (TPSA) is 157 Å². The van der Waals surface area contributed by atoms with Gasteiger partial charge in [-0.1, -0.05) is 12.1 Å². The third kappa shape index (κ3) is 4.02. The van der Waals surface area contributed by atoms with Crippen LogP contribution >= 0.6 is 0 Å². The summed E-state index contributed by atoms with van der Waals surface area (Å²) in [4.78, 5) is 11.3. The van der Waals surface area contributed by atoms with Gasteiger partial charge in [0.1, 0.15) is 30.2 Å². The van der Waals surface area contributed by atoms with Crippen LogP contribution < -0.4 is 0 Å². The second-order valence-electron chi connectivity index (χ2n) is 5.22. The highest BCUT2D eigenvalue weighted by atomic mass is 16.7. The standard InChI is InChI=1S/C15H18O9/c16-6-10-11(18)12(19)13(20)15(24-10)23-9(14(21)22)5-7-1-3-8(17)4-2-7/h1-5,10-13,15-20H,6H2,(H,21,22)/t10-,11-,12-,13-,15+/m1/s1. The van der Waals surface area contributed by atoms with Gasteiger partial charge in [0.05, 0.1) is 6.61 Å². The number of carbonyl (C=O) groups is 1. The molecule has 6 N–H and O–H groups in total. The quantitative estimate of drug-likeness (QED) is 0.281. The highest BCUT2D eigenvalue weighted by Crippen LogP contribution is 2.24. The van der Waals surface area contributed by atoms with Gasteiger partial charge in [-0.25, -0.2) is 4.79 Å². The fraction of sp³-hybridized carbons (Fsp3) is 0.400. The van der Waals surface area contributed by atoms with Crippen LogP contribution in [0, 0.1) is 0 Å². The van der Waals surface area contributed by atoms with E-state index in [0.717, 1.165) is 6.08 Å². The lowest BCUT2D eigenvalue weighted by Crippen LogP contribution is -2.59. The summed E-state index contributed by atoms with van der Waals surface area (Å²) in [5, 5.41) is 56.7. The van der Waals surface area contributed by atoms with E-state index in [1.165, 1.54) is 24.3 Å². The van der Waals surface area contributed by atoms with Crippen molar-refractivity contribution in [1.29, 1.82) is 0 Å². The summed E-state index contributed by atoms with van der Waals surface area (Å²) in [6.45, 7) is -0.658. The van der Waals surface area contributed by atoms with Crippen LogP contribution in [0.15, 0.2) is 30.0 Å². The first kappa shape index (κ1) is 18.2. The third-order valence-electron chi connectivity index (χ3n) is 3.49. The molecule has 0 bridgehead atoms. The van der Waals surface area contributed by atoms with E-state index < -0.39 is 49.0 Å². The van der Waals surface area contributed by atoms with Crippen LogP contribution in [-0.2, 0) is 14.3 Å². The molecule has 2 rings (SSSR count). The van der Waals surface area contributed by atoms with E-state index in [4.69, 9.17) is 14.6 Å². The molecule has 0 unspecified atom stereocenters. The average molecular weight is 342 g/mol. The molecule has 0 radical (unpaired) electrons. The molecule has 1 aromatic rings. The van der Waals surface area contributed by atoms with Gasteiger partial charge < -0.3 is 40.1 Å². The Kier molecular flexibility index (Phi) is 5.75. The highest BCUT2D eigenvalue weighted by Gasteiger charge is 2.45. The Morgan fingerprint density at radius 3 is 2.29 bits per heavy atom. The van der Waals surface area contributed by atoms with Gasteiger partial charge in [0.2, 0.25) is 12.0 Å². The molecule has 1 aromatic carbocycles. The largest absolute Gasteiger partial charge is 0.508 e. The van der Waals surface area contributed by atoms with Crippen molar-refractivity contribution in [1.82, 2.24) is 0 Å². The number of hydrogen-bond acceptors (Lipinski definition) is 8. The number of aliphatic hydroxyl groups excluding tert-OH is 4. The minimum Gasteiger partial charge on any atom is -0.508 e. The monoisotopic (exact) mass is 342 g/mol. The van der Waals surface area contributed by atoms with Gasteiger partial charge in [-0.15, -0.1) is 0 Å². The molecule has 24 heavy (non-hydrogen) atoms. The molecule has 1 aliphatic heterocycles. The minimum absolute atomic E-state index is 0.00104. The zero-order chi connectivity index (χ0) is 17.9. The molecule has 1 heterocycles. The molecule has 9 heteroatoms.